The van der Waals surface area contributed by atoms with Crippen LogP contribution in [-0.4, -0.2) is 23.1 Å². The van der Waals surface area contributed by atoms with E-state index in [2.05, 4.69) is 85.8 Å². The molecule has 2 aromatic rings. The maximum atomic E-state index is 6.82. The van der Waals surface area contributed by atoms with E-state index in [1.54, 1.807) is 11.1 Å². The van der Waals surface area contributed by atoms with E-state index >= 15 is 0 Å². The highest BCUT2D eigenvalue weighted by molar-refractivity contribution is 5.72. The fourth-order valence-electron chi connectivity index (χ4n) is 8.02. The second-order valence-electron chi connectivity index (χ2n) is 12.3. The first-order chi connectivity index (χ1) is 19.2. The highest BCUT2D eigenvalue weighted by atomic mass is 16.5. The molecule has 0 radical (unpaired) electrons. The molecule has 1 N–H and O–H groups in total. The molecule has 0 saturated carbocycles. The van der Waals surface area contributed by atoms with Gasteiger partial charge in [0, 0.05) is 23.7 Å². The summed E-state index contributed by atoms with van der Waals surface area (Å²) in [6, 6.07) is 16.2. The van der Waals surface area contributed by atoms with Crippen LogP contribution in [0.1, 0.15) is 115 Å². The Labute approximate surface area is 236 Å². The van der Waals surface area contributed by atoms with Crippen LogP contribution in [0.5, 0.6) is 11.5 Å². The first kappa shape index (κ1) is 26.8. The van der Waals surface area contributed by atoms with Crippen LogP contribution in [0.15, 0.2) is 65.8 Å². The Morgan fingerprint density at radius 3 is 2.41 bits per heavy atom. The van der Waals surface area contributed by atoms with Crippen LogP contribution >= 0.6 is 0 Å². The highest BCUT2D eigenvalue weighted by Gasteiger charge is 2.55. The zero-order valence-electron chi connectivity index (χ0n) is 24.5. The molecule has 3 heteroatoms. The second-order valence-corrected chi connectivity index (χ2v) is 12.3. The number of hydrogen-bond donors (Lipinski definition) is 1. The van der Waals surface area contributed by atoms with Gasteiger partial charge in [0.25, 0.3) is 0 Å². The molecule has 1 saturated heterocycles. The average molecular weight is 525 g/mol. The fraction of sp³-hybridized carbons (Fsp3) is 0.556. The standard InChI is InChI=1S/C36H48N2O/c1-4-7-18-27-19-17-21-30-34(27)39-32-23-15-14-20-28(32)36(30)25-24-29-33(36)31-22-13-11-9-8-10-12-16-26-38(31)37-35(29,5-2)6-3/h14-15,17,19-21,23-25,31,37H,4-13,16,18,22,26H2,1-3H3. The van der Waals surface area contributed by atoms with Gasteiger partial charge in [-0.1, -0.05) is 114 Å². The smallest absolute Gasteiger partial charge is 0.135 e. The molecule has 1 spiro atoms. The normalized spacial score (nSPS) is 26.3. The van der Waals surface area contributed by atoms with Crippen LogP contribution in [0.4, 0.5) is 0 Å². The van der Waals surface area contributed by atoms with Gasteiger partial charge in [-0.3, -0.25) is 0 Å². The maximum absolute atomic E-state index is 6.82. The number of hydrogen-bond acceptors (Lipinski definition) is 3. The van der Waals surface area contributed by atoms with Crippen molar-refractivity contribution in [3.8, 4) is 11.5 Å². The third kappa shape index (κ3) is 4.41. The average Bonchev–Trinajstić information content (AvgIpc) is 3.35. The lowest BCUT2D eigenvalue weighted by molar-refractivity contribution is 0.0538. The fourth-order valence-corrected chi connectivity index (χ4v) is 8.02. The lowest BCUT2D eigenvalue weighted by Crippen LogP contribution is -2.64. The molecule has 0 amide bonds. The molecule has 2 aromatic carbocycles. The minimum atomic E-state index is -0.275. The Kier molecular flexibility index (Phi) is 7.75. The van der Waals surface area contributed by atoms with Gasteiger partial charge < -0.3 is 4.74 Å². The molecule has 2 unspecified atom stereocenters. The van der Waals surface area contributed by atoms with Crippen molar-refractivity contribution in [3.63, 3.8) is 0 Å². The summed E-state index contributed by atoms with van der Waals surface area (Å²) < 4.78 is 6.82. The molecule has 3 nitrogen and oxygen atoms in total. The summed E-state index contributed by atoms with van der Waals surface area (Å²) in [5, 5.41) is 2.70. The Hall–Kier alpha value is -2.36. The number of nitrogens with zero attached hydrogens (tertiary/aromatic N) is 1. The Balaban J connectivity index is 1.59. The number of fused-ring (bicyclic) bond motifs is 7. The molecule has 1 aliphatic carbocycles. The molecule has 6 rings (SSSR count). The van der Waals surface area contributed by atoms with Crippen molar-refractivity contribution >= 4 is 0 Å². The van der Waals surface area contributed by atoms with Crippen molar-refractivity contribution < 1.29 is 4.74 Å². The zero-order chi connectivity index (χ0) is 26.9. The largest absolute Gasteiger partial charge is 0.456 e. The molecule has 0 bridgehead atoms. The van der Waals surface area contributed by atoms with E-state index in [9.17, 15) is 0 Å². The van der Waals surface area contributed by atoms with E-state index in [1.165, 1.54) is 80.9 Å². The molecule has 4 aliphatic rings. The molecular formula is C36H48N2O. The Bertz CT molecular complexity index is 1240. The van der Waals surface area contributed by atoms with Crippen molar-refractivity contribution in [3.05, 3.63) is 82.5 Å². The van der Waals surface area contributed by atoms with Gasteiger partial charge in [0.15, 0.2) is 0 Å². The number of nitrogens with one attached hydrogen (secondary N) is 1. The van der Waals surface area contributed by atoms with E-state index < -0.39 is 0 Å². The third-order valence-electron chi connectivity index (χ3n) is 10.2. The summed E-state index contributed by atoms with van der Waals surface area (Å²) in [6.07, 6.45) is 21.3. The monoisotopic (exact) mass is 524 g/mol. The van der Waals surface area contributed by atoms with Crippen molar-refractivity contribution in [1.29, 1.82) is 0 Å². The van der Waals surface area contributed by atoms with Crippen molar-refractivity contribution in [2.75, 3.05) is 6.54 Å². The number of hydrazine groups is 1. The molecule has 1 fully saturated rings. The van der Waals surface area contributed by atoms with Gasteiger partial charge in [-0.15, -0.1) is 0 Å². The third-order valence-corrected chi connectivity index (χ3v) is 10.2. The van der Waals surface area contributed by atoms with Gasteiger partial charge in [0.2, 0.25) is 0 Å². The van der Waals surface area contributed by atoms with Gasteiger partial charge >= 0.3 is 0 Å². The van der Waals surface area contributed by atoms with Crippen LogP contribution in [0, 0.1) is 0 Å². The van der Waals surface area contributed by atoms with Gasteiger partial charge in [-0.25, -0.2) is 10.4 Å². The molecule has 2 atom stereocenters. The van der Waals surface area contributed by atoms with Crippen LogP contribution in [-0.2, 0) is 11.8 Å². The molecular weight excluding hydrogens is 476 g/mol. The molecule has 0 aromatic heterocycles. The SMILES string of the molecule is CCCCc1cccc2c1Oc1ccccc1C21C=CC2=C1C1CCCCCCCCCN1NC2(CC)CC. The lowest BCUT2D eigenvalue weighted by Gasteiger charge is -2.52. The first-order valence-electron chi connectivity index (χ1n) is 16.1. The van der Waals surface area contributed by atoms with Gasteiger partial charge in [-0.05, 0) is 61.3 Å². The molecule has 3 aliphatic heterocycles. The number of aryl methyl sites for hydroxylation is 1. The van der Waals surface area contributed by atoms with Crippen molar-refractivity contribution in [2.24, 2.45) is 0 Å². The summed E-state index contributed by atoms with van der Waals surface area (Å²) in [5.41, 5.74) is 11.1. The summed E-state index contributed by atoms with van der Waals surface area (Å²) in [7, 11) is 0. The van der Waals surface area contributed by atoms with Crippen LogP contribution in [0.3, 0.4) is 0 Å². The molecule has 39 heavy (non-hydrogen) atoms. The van der Waals surface area contributed by atoms with Crippen LogP contribution in [0.25, 0.3) is 0 Å². The van der Waals surface area contributed by atoms with Crippen molar-refractivity contribution in [1.82, 2.24) is 10.4 Å². The summed E-state index contributed by atoms with van der Waals surface area (Å²) in [4.78, 5) is 0. The first-order valence-corrected chi connectivity index (χ1v) is 16.1. The number of rotatable bonds is 5. The lowest BCUT2D eigenvalue weighted by atomic mass is 9.63. The number of para-hydroxylation sites is 2. The molecule has 3 heterocycles. The van der Waals surface area contributed by atoms with Crippen molar-refractivity contribution in [2.45, 2.75) is 121 Å². The summed E-state index contributed by atoms with van der Waals surface area (Å²) in [5.74, 6) is 2.15. The highest BCUT2D eigenvalue weighted by Crippen LogP contribution is 2.60. The van der Waals surface area contributed by atoms with Gasteiger partial charge in [0.1, 0.15) is 11.5 Å². The van der Waals surface area contributed by atoms with Gasteiger partial charge in [-0.2, -0.15) is 0 Å². The minimum absolute atomic E-state index is 0.0285. The summed E-state index contributed by atoms with van der Waals surface area (Å²) >= 11 is 0. The van der Waals surface area contributed by atoms with E-state index in [-0.39, 0.29) is 11.0 Å². The number of allylic oxidation sites excluding steroid dienone is 1. The quantitative estimate of drug-likeness (QED) is 0.422. The summed E-state index contributed by atoms with van der Waals surface area (Å²) in [6.45, 7) is 8.16. The number of benzene rings is 2. The van der Waals surface area contributed by atoms with E-state index in [1.807, 2.05) is 0 Å². The Morgan fingerprint density at radius 1 is 0.872 bits per heavy atom. The second kappa shape index (κ2) is 11.3. The van der Waals surface area contributed by atoms with E-state index in [0.29, 0.717) is 6.04 Å². The van der Waals surface area contributed by atoms with E-state index in [0.717, 1.165) is 37.3 Å². The number of ether oxygens (including phenoxy) is 1. The Morgan fingerprint density at radius 2 is 1.62 bits per heavy atom. The zero-order valence-corrected chi connectivity index (χ0v) is 24.5. The molecule has 208 valence electrons. The van der Waals surface area contributed by atoms with Crippen LogP contribution < -0.4 is 10.2 Å². The van der Waals surface area contributed by atoms with Gasteiger partial charge in [0.05, 0.1) is 11.0 Å². The maximum Gasteiger partial charge on any atom is 0.135 e. The number of unbranched alkanes of at least 4 members (excludes halogenated alkanes) is 1. The predicted octanol–water partition coefficient (Wildman–Crippen LogP) is 9.17. The van der Waals surface area contributed by atoms with E-state index in [4.69, 9.17) is 4.74 Å². The predicted molar refractivity (Wildman–Crippen MR) is 162 cm³/mol. The minimum Gasteiger partial charge on any atom is -0.456 e. The topological polar surface area (TPSA) is 24.5 Å². The van der Waals surface area contributed by atoms with Crippen LogP contribution in [0.2, 0.25) is 0 Å².